The molecule has 4 aromatic rings. The summed E-state index contributed by atoms with van der Waals surface area (Å²) in [4.78, 5) is 59.2. The Morgan fingerprint density at radius 2 is 0.933 bits per heavy atom. The number of carbonyl (C=O) groups excluding carboxylic acids is 4. The molecular formula is C32H25N5O8. The number of cyclic esters (lactones) is 4. The molecule has 2 heterocycles. The second kappa shape index (κ2) is 12.2. The maximum atomic E-state index is 11.9. The molecule has 0 radical (unpaired) electrons. The minimum Gasteiger partial charge on any atom is -0.392 e. The molecule has 0 spiro atoms. The summed E-state index contributed by atoms with van der Waals surface area (Å²) < 4.78 is 9.24. The molecule has 0 aliphatic carbocycles. The molecule has 0 amide bonds. The van der Waals surface area contributed by atoms with Crippen molar-refractivity contribution in [2.24, 2.45) is 0 Å². The molecule has 4 aromatic carbocycles. The zero-order chi connectivity index (χ0) is 31.5. The van der Waals surface area contributed by atoms with Gasteiger partial charge in [-0.1, -0.05) is 0 Å². The summed E-state index contributed by atoms with van der Waals surface area (Å²) in [7, 11) is 0. The van der Waals surface area contributed by atoms with Gasteiger partial charge >= 0.3 is 23.9 Å². The Morgan fingerprint density at radius 3 is 1.27 bits per heavy atom. The summed E-state index contributed by atoms with van der Waals surface area (Å²) in [5.74, 6) is -2.36. The van der Waals surface area contributed by atoms with E-state index in [4.69, 9.17) is 0 Å². The molecule has 2 fully saturated rings. The summed E-state index contributed by atoms with van der Waals surface area (Å²) in [6.07, 6.45) is -0.0832. The van der Waals surface area contributed by atoms with Crippen LogP contribution in [0.5, 0.6) is 0 Å². The molecule has 2 saturated heterocycles. The van der Waals surface area contributed by atoms with Gasteiger partial charge in [0.05, 0.1) is 17.8 Å². The number of hydrogen-bond donors (Lipinski definition) is 3. The SMILES string of the molecule is O=C1CC(Nc2ccc(N(c3ccc(Nc4ccc([N+](=O)[O-])cc4)cc3)c3ccc(NC4CC(=O)OC4=O)cc3)cc2)C(=O)O1. The van der Waals surface area contributed by atoms with Crippen LogP contribution in [-0.4, -0.2) is 40.9 Å². The molecule has 0 bridgehead atoms. The van der Waals surface area contributed by atoms with Crippen LogP contribution in [0.3, 0.4) is 0 Å². The molecule has 0 saturated carbocycles. The predicted octanol–water partition coefficient (Wildman–Crippen LogP) is 5.32. The van der Waals surface area contributed by atoms with Gasteiger partial charge in [0.25, 0.3) is 5.69 Å². The Bertz CT molecular complexity index is 1690. The summed E-state index contributed by atoms with van der Waals surface area (Å²) in [6.45, 7) is 0. The van der Waals surface area contributed by atoms with Gasteiger partial charge < -0.3 is 30.3 Å². The number of non-ortho nitro benzene ring substituents is 1. The highest BCUT2D eigenvalue weighted by molar-refractivity contribution is 5.99. The van der Waals surface area contributed by atoms with E-state index in [9.17, 15) is 29.3 Å². The van der Waals surface area contributed by atoms with Crippen molar-refractivity contribution in [2.75, 3.05) is 20.9 Å². The number of nitrogens with one attached hydrogen (secondary N) is 3. The first-order valence-corrected chi connectivity index (χ1v) is 13.9. The number of nitrogens with zero attached hydrogens (tertiary/aromatic N) is 2. The topological polar surface area (TPSA) is 169 Å². The van der Waals surface area contributed by atoms with E-state index in [1.807, 2.05) is 53.4 Å². The Kier molecular flexibility index (Phi) is 7.80. The molecule has 2 aliphatic heterocycles. The van der Waals surface area contributed by atoms with E-state index in [0.29, 0.717) is 17.1 Å². The van der Waals surface area contributed by atoms with Crippen LogP contribution in [0, 0.1) is 10.1 Å². The van der Waals surface area contributed by atoms with E-state index in [0.717, 1.165) is 22.7 Å². The average Bonchev–Trinajstić information content (AvgIpc) is 3.52. The van der Waals surface area contributed by atoms with Crippen molar-refractivity contribution < 1.29 is 33.6 Å². The minimum atomic E-state index is -0.747. The van der Waals surface area contributed by atoms with E-state index in [-0.39, 0.29) is 18.5 Å². The van der Waals surface area contributed by atoms with Crippen molar-refractivity contribution in [1.82, 2.24) is 0 Å². The van der Waals surface area contributed by atoms with Gasteiger partial charge in [-0.3, -0.25) is 19.7 Å². The molecule has 0 aromatic heterocycles. The quantitative estimate of drug-likeness (QED) is 0.0920. The lowest BCUT2D eigenvalue weighted by Gasteiger charge is -2.26. The van der Waals surface area contributed by atoms with E-state index in [1.165, 1.54) is 12.1 Å². The van der Waals surface area contributed by atoms with Crippen molar-refractivity contribution in [3.05, 3.63) is 107 Å². The van der Waals surface area contributed by atoms with Crippen molar-refractivity contribution in [1.29, 1.82) is 0 Å². The minimum absolute atomic E-state index is 0.00213. The fourth-order valence-corrected chi connectivity index (χ4v) is 4.96. The number of rotatable bonds is 10. The highest BCUT2D eigenvalue weighted by Crippen LogP contribution is 2.37. The summed E-state index contributed by atoms with van der Waals surface area (Å²) in [5, 5.41) is 20.2. The van der Waals surface area contributed by atoms with Crippen molar-refractivity contribution in [2.45, 2.75) is 24.9 Å². The molecule has 226 valence electrons. The number of hydrogen-bond acceptors (Lipinski definition) is 12. The molecule has 3 N–H and O–H groups in total. The van der Waals surface area contributed by atoms with Gasteiger partial charge in [-0.15, -0.1) is 0 Å². The first-order valence-electron chi connectivity index (χ1n) is 13.9. The zero-order valence-corrected chi connectivity index (χ0v) is 23.5. The zero-order valence-electron chi connectivity index (χ0n) is 23.5. The maximum absolute atomic E-state index is 11.9. The van der Waals surface area contributed by atoms with Crippen molar-refractivity contribution in [3.63, 3.8) is 0 Å². The van der Waals surface area contributed by atoms with Gasteiger partial charge in [-0.2, -0.15) is 0 Å². The first-order chi connectivity index (χ1) is 21.7. The van der Waals surface area contributed by atoms with Gasteiger partial charge in [0.15, 0.2) is 0 Å². The van der Waals surface area contributed by atoms with E-state index in [1.54, 1.807) is 36.4 Å². The monoisotopic (exact) mass is 607 g/mol. The maximum Gasteiger partial charge on any atom is 0.336 e. The number of anilines is 7. The van der Waals surface area contributed by atoms with Gasteiger partial charge in [-0.25, -0.2) is 9.59 Å². The fraction of sp³-hybridized carbons (Fsp3) is 0.125. The number of nitro groups is 1. The predicted molar refractivity (Wildman–Crippen MR) is 164 cm³/mol. The third-order valence-electron chi connectivity index (χ3n) is 7.16. The van der Waals surface area contributed by atoms with Gasteiger partial charge in [0, 0.05) is 51.9 Å². The molecule has 2 aliphatic rings. The molecular weight excluding hydrogens is 582 g/mol. The average molecular weight is 608 g/mol. The second-order valence-electron chi connectivity index (χ2n) is 10.3. The Balaban J connectivity index is 1.25. The van der Waals surface area contributed by atoms with Gasteiger partial charge in [0.2, 0.25) is 0 Å². The number of nitro benzene ring substituents is 1. The van der Waals surface area contributed by atoms with Gasteiger partial charge in [0.1, 0.15) is 12.1 Å². The molecule has 2 atom stereocenters. The third-order valence-corrected chi connectivity index (χ3v) is 7.16. The molecule has 6 rings (SSSR count). The van der Waals surface area contributed by atoms with E-state index < -0.39 is 40.9 Å². The van der Waals surface area contributed by atoms with Crippen LogP contribution >= 0.6 is 0 Å². The van der Waals surface area contributed by atoms with Gasteiger partial charge in [-0.05, 0) is 84.9 Å². The van der Waals surface area contributed by atoms with Crippen molar-refractivity contribution >= 4 is 69.4 Å². The number of benzene rings is 4. The summed E-state index contributed by atoms with van der Waals surface area (Å²) in [5.41, 5.74) is 5.11. The molecule has 13 nitrogen and oxygen atoms in total. The van der Waals surface area contributed by atoms with Crippen LogP contribution in [0.1, 0.15) is 12.8 Å². The molecule has 13 heteroatoms. The van der Waals surface area contributed by atoms with Crippen LogP contribution in [0.15, 0.2) is 97.1 Å². The number of carbonyl (C=O) groups is 4. The van der Waals surface area contributed by atoms with Crippen LogP contribution in [0.4, 0.5) is 45.5 Å². The van der Waals surface area contributed by atoms with Crippen LogP contribution in [0.25, 0.3) is 0 Å². The van der Waals surface area contributed by atoms with E-state index >= 15 is 0 Å². The summed E-state index contributed by atoms with van der Waals surface area (Å²) in [6, 6.07) is 26.8. The van der Waals surface area contributed by atoms with Crippen LogP contribution in [-0.2, 0) is 28.7 Å². The highest BCUT2D eigenvalue weighted by Gasteiger charge is 2.34. The van der Waals surface area contributed by atoms with Crippen LogP contribution < -0.4 is 20.9 Å². The second-order valence-corrected chi connectivity index (χ2v) is 10.3. The largest absolute Gasteiger partial charge is 0.392 e. The smallest absolute Gasteiger partial charge is 0.336 e. The molecule has 45 heavy (non-hydrogen) atoms. The summed E-state index contributed by atoms with van der Waals surface area (Å²) >= 11 is 0. The third kappa shape index (κ3) is 6.57. The van der Waals surface area contributed by atoms with Crippen molar-refractivity contribution in [3.8, 4) is 0 Å². The lowest BCUT2D eigenvalue weighted by molar-refractivity contribution is -0.384. The normalized spacial score (nSPS) is 17.4. The standard InChI is InChI=1S/C32H25N5O8/c38-29-17-27(31(40)44-29)34-21-3-11-24(12-4-21)36(25-13-5-22(6-14-25)35-28-18-30(39)45-32(28)41)23-9-1-19(2-10-23)33-20-7-15-26(16-8-20)37(42)43/h1-16,27-28,33-35H,17-18H2. The first kappa shape index (κ1) is 28.9. The lowest BCUT2D eigenvalue weighted by Crippen LogP contribution is -2.24. The number of esters is 4. The fourth-order valence-electron chi connectivity index (χ4n) is 4.96. The number of ether oxygens (including phenoxy) is 2. The Morgan fingerprint density at radius 1 is 0.578 bits per heavy atom. The highest BCUT2D eigenvalue weighted by atomic mass is 16.6. The van der Waals surface area contributed by atoms with E-state index in [2.05, 4.69) is 25.4 Å². The Labute approximate surface area is 255 Å². The Hall–Kier alpha value is -6.24. The molecule has 2 unspecified atom stereocenters. The lowest BCUT2D eigenvalue weighted by atomic mass is 10.1. The van der Waals surface area contributed by atoms with Crippen LogP contribution in [0.2, 0.25) is 0 Å².